The maximum Gasteiger partial charge on any atom is -0.147 e. The van der Waals surface area contributed by atoms with Gasteiger partial charge in [0, 0.05) is 6.42 Å². The van der Waals surface area contributed by atoms with Gasteiger partial charge in [0.2, 0.25) is 0 Å². The summed E-state index contributed by atoms with van der Waals surface area (Å²) in [6, 6.07) is -3.46. The fraction of sp³-hybridized carbons (Fsp3) is 0.765. The first-order valence-electron chi connectivity index (χ1n) is 17.0. The number of ether oxygens (including phenoxy) is 6. The standard InChI is InChI=1S/C17H30N2O7Se.C10H19NO4Se.C7H13NO4.ClH/c1-17(2,3)26-16(23)19-11(9-10-27-6)14(21)18-12(15(22)25-5)7-8-13(20)24-4;1-10(2,3)15-9(14)11-7(8(12)13)5-6-16-4;1-11-6(9)4-3-5(8)7(10)12-2;/h11-12H,7-10H2,1-6H3,(H,18,21)(H,19,23);7H,5-6H2,1-4H3,(H,11,14)(H,12,13);5H,3-4,8H2,1-2H3;1H/t11-,12-;7-;5-;/m000./s1. The molecule has 3 amide bonds. The van der Waals surface area contributed by atoms with Crippen molar-refractivity contribution in [3.05, 3.63) is 0 Å². The number of rotatable bonds is 19. The fourth-order valence-electron chi connectivity index (χ4n) is 3.57. The summed E-state index contributed by atoms with van der Waals surface area (Å²) in [7, 11) is 4.96. The molecular weight excluding hydrogens is 898 g/mol. The van der Waals surface area contributed by atoms with Crippen LogP contribution in [0.1, 0.15) is 80.1 Å². The Morgan fingerprint density at radius 2 is 0.982 bits per heavy atom. The van der Waals surface area contributed by atoms with Crippen LogP contribution in [0.5, 0.6) is 0 Å². The Balaban J connectivity index is -0.000000396. The Kier molecular flexibility index (Phi) is 34.7. The zero-order valence-corrected chi connectivity index (χ0v) is 38.7. The van der Waals surface area contributed by atoms with Crippen molar-refractivity contribution in [3.63, 3.8) is 0 Å². The first-order valence-corrected chi connectivity index (χ1v) is 22.8. The van der Waals surface area contributed by atoms with Crippen LogP contribution in [0, 0.1) is 0 Å². The molecule has 0 aliphatic carbocycles. The summed E-state index contributed by atoms with van der Waals surface area (Å²) in [5, 5.41) is 17.9. The number of nitrogens with one attached hydrogen (secondary N) is 3. The predicted molar refractivity (Wildman–Crippen MR) is 210 cm³/mol. The van der Waals surface area contributed by atoms with Crippen LogP contribution >= 0.6 is 12.4 Å². The summed E-state index contributed by atoms with van der Waals surface area (Å²) in [5.74, 6) is 0.412. The SMILES string of the molecule is COC(=O)CC[C@H](N)C(=O)OC.COC(=O)CC[C@H](NC(=O)[C@H](CC[Se]C)NC(=O)OC(C)(C)C)C(=O)OC.C[Se]CC[C@H](NC(=O)OC(C)(C)C)C(=O)O.Cl. The Morgan fingerprint density at radius 1 is 0.589 bits per heavy atom. The molecule has 6 N–H and O–H groups in total. The number of halogens is 1. The van der Waals surface area contributed by atoms with Gasteiger partial charge in [-0.25, -0.2) is 0 Å². The van der Waals surface area contributed by atoms with Crippen LogP contribution in [0.2, 0.25) is 22.3 Å². The van der Waals surface area contributed by atoms with E-state index in [1.807, 2.05) is 11.6 Å². The minimum Gasteiger partial charge on any atom is -0.147 e. The van der Waals surface area contributed by atoms with Crippen molar-refractivity contribution >= 4 is 90.3 Å². The Labute approximate surface area is 348 Å². The van der Waals surface area contributed by atoms with E-state index >= 15 is 0 Å². The second-order valence-electron chi connectivity index (χ2n) is 13.2. The average Bonchev–Trinajstić information content (AvgIpc) is 3.09. The van der Waals surface area contributed by atoms with Gasteiger partial charge in [-0.2, -0.15) is 0 Å². The van der Waals surface area contributed by atoms with E-state index in [0.717, 1.165) is 10.6 Å². The monoisotopic (exact) mass is 962 g/mol. The first-order chi connectivity index (χ1) is 25.4. The van der Waals surface area contributed by atoms with Gasteiger partial charge in [0.15, 0.2) is 0 Å². The van der Waals surface area contributed by atoms with Gasteiger partial charge < -0.3 is 15.2 Å². The summed E-state index contributed by atoms with van der Waals surface area (Å²) < 4.78 is 28.1. The quantitative estimate of drug-likeness (QED) is 0.0707. The second-order valence-corrected chi connectivity index (χ2v) is 17.4. The summed E-state index contributed by atoms with van der Waals surface area (Å²) in [6.07, 6.45) is -0.177. The second kappa shape index (κ2) is 32.7. The number of carbonyl (C=O) groups is 8. The van der Waals surface area contributed by atoms with Crippen molar-refractivity contribution in [2.45, 2.75) is 138 Å². The Morgan fingerprint density at radius 3 is 1.34 bits per heavy atom. The number of amides is 3. The van der Waals surface area contributed by atoms with Gasteiger partial charge in [0.25, 0.3) is 0 Å². The Bertz CT molecular complexity index is 1220. The van der Waals surface area contributed by atoms with Crippen LogP contribution in [-0.2, 0) is 57.2 Å². The van der Waals surface area contributed by atoms with E-state index in [4.69, 9.17) is 20.3 Å². The molecule has 19 nitrogen and oxygen atoms in total. The molecule has 0 aromatic heterocycles. The number of hydrogen-bond acceptors (Lipinski definition) is 15. The minimum atomic E-state index is -1.02. The zero-order chi connectivity index (χ0) is 43.4. The molecule has 328 valence electrons. The van der Waals surface area contributed by atoms with Crippen molar-refractivity contribution in [1.82, 2.24) is 16.0 Å². The number of alkyl carbamates (subject to hydrolysis) is 2. The average molecular weight is 961 g/mol. The topological polar surface area (TPSA) is 274 Å². The van der Waals surface area contributed by atoms with Crippen molar-refractivity contribution < 1.29 is 71.9 Å². The molecule has 0 spiro atoms. The van der Waals surface area contributed by atoms with Gasteiger partial charge in [-0.3, -0.25) is 9.59 Å². The van der Waals surface area contributed by atoms with Crippen LogP contribution in [0.15, 0.2) is 0 Å². The zero-order valence-electron chi connectivity index (χ0n) is 34.4. The number of hydrogen-bond donors (Lipinski definition) is 5. The van der Waals surface area contributed by atoms with Crippen molar-refractivity contribution in [2.75, 3.05) is 28.4 Å². The van der Waals surface area contributed by atoms with Crippen LogP contribution in [0.4, 0.5) is 9.59 Å². The fourth-order valence-corrected chi connectivity index (χ4v) is 5.55. The van der Waals surface area contributed by atoms with E-state index in [0.29, 0.717) is 42.8 Å². The molecule has 22 heteroatoms. The molecule has 56 heavy (non-hydrogen) atoms. The minimum absolute atomic E-state index is 0. The predicted octanol–water partition coefficient (Wildman–Crippen LogP) is 2.44. The van der Waals surface area contributed by atoms with Crippen molar-refractivity contribution in [3.8, 4) is 0 Å². The number of aliphatic carboxylic acids is 1. The van der Waals surface area contributed by atoms with Gasteiger partial charge in [-0.1, -0.05) is 0 Å². The molecule has 0 radical (unpaired) electrons. The van der Waals surface area contributed by atoms with E-state index in [1.165, 1.54) is 28.4 Å². The maximum atomic E-state index is 12.6. The summed E-state index contributed by atoms with van der Waals surface area (Å²) in [6.45, 7) is 10.4. The Hall–Kier alpha value is -3.35. The largest absolute Gasteiger partial charge is 0.147 e. The van der Waals surface area contributed by atoms with Gasteiger partial charge in [0.1, 0.15) is 6.04 Å². The molecule has 0 aliphatic rings. The molecule has 4 atom stereocenters. The molecule has 0 bridgehead atoms. The van der Waals surface area contributed by atoms with Gasteiger partial charge in [-0.05, 0) is 6.42 Å². The summed E-state index contributed by atoms with van der Waals surface area (Å²) in [5.41, 5.74) is 4.04. The summed E-state index contributed by atoms with van der Waals surface area (Å²) >= 11 is 0.712. The molecular formula is C34H63ClN4O15Se2. The molecule has 0 fully saturated rings. The molecule has 0 aromatic carbocycles. The molecule has 0 heterocycles. The molecule has 0 rings (SSSR count). The molecule has 0 unspecified atom stereocenters. The molecule has 0 aliphatic heterocycles. The van der Waals surface area contributed by atoms with E-state index < -0.39 is 77.3 Å². The summed E-state index contributed by atoms with van der Waals surface area (Å²) in [4.78, 5) is 91.3. The third-order valence-electron chi connectivity index (χ3n) is 6.28. The maximum absolute atomic E-state index is 12.6. The van der Waals surface area contributed by atoms with Gasteiger partial charge in [-0.15, -0.1) is 12.4 Å². The van der Waals surface area contributed by atoms with Crippen LogP contribution in [0.3, 0.4) is 0 Å². The smallest absolute Gasteiger partial charge is 0.147 e. The van der Waals surface area contributed by atoms with Crippen LogP contribution in [-0.4, -0.2) is 147 Å². The third kappa shape index (κ3) is 33.9. The number of carboxylic acids is 1. The molecule has 0 aromatic rings. The molecule has 0 saturated carbocycles. The number of esters is 4. The first kappa shape index (κ1) is 59.3. The van der Waals surface area contributed by atoms with Gasteiger partial charge in [0.05, 0.1) is 14.2 Å². The van der Waals surface area contributed by atoms with Crippen molar-refractivity contribution in [2.24, 2.45) is 5.73 Å². The van der Waals surface area contributed by atoms with E-state index in [1.54, 1.807) is 41.5 Å². The van der Waals surface area contributed by atoms with Crippen molar-refractivity contribution in [1.29, 1.82) is 0 Å². The van der Waals surface area contributed by atoms with E-state index in [2.05, 4.69) is 34.9 Å². The normalized spacial score (nSPS) is 12.6. The number of nitrogens with two attached hydrogens (primary N) is 1. The number of carbonyl (C=O) groups excluding carboxylic acids is 7. The number of methoxy groups -OCH3 is 4. The van der Waals surface area contributed by atoms with Gasteiger partial charge >= 0.3 is 280 Å². The number of carboxylic acid groups (broad SMARTS) is 1. The van der Waals surface area contributed by atoms with Crippen LogP contribution in [0.25, 0.3) is 0 Å². The molecule has 0 saturated heterocycles. The third-order valence-corrected chi connectivity index (χ3v) is 8.98. The van der Waals surface area contributed by atoms with E-state index in [-0.39, 0.29) is 44.1 Å². The van der Waals surface area contributed by atoms with Crippen LogP contribution < -0.4 is 21.7 Å². The van der Waals surface area contributed by atoms with E-state index in [9.17, 15) is 38.4 Å².